The number of hydrogen-bond donors (Lipinski definition) is 2. The number of aromatic hydroxyl groups is 1. The van der Waals surface area contributed by atoms with E-state index in [1.807, 2.05) is 6.92 Å². The van der Waals surface area contributed by atoms with Crippen molar-refractivity contribution in [3.63, 3.8) is 0 Å². The van der Waals surface area contributed by atoms with E-state index in [0.29, 0.717) is 15.8 Å². The number of likely N-dealkylation sites (N-methyl/N-ethyl adjacent to an activating group) is 1. The molecule has 0 unspecified atom stereocenters. The Kier molecular flexibility index (Phi) is 4.32. The van der Waals surface area contributed by atoms with Gasteiger partial charge in [-0.25, -0.2) is 0 Å². The second-order valence-electron chi connectivity index (χ2n) is 3.39. The molecule has 0 aliphatic carbocycles. The fourth-order valence-electron chi connectivity index (χ4n) is 1.47. The van der Waals surface area contributed by atoms with Crippen LogP contribution in [0.2, 0.25) is 0 Å². The van der Waals surface area contributed by atoms with Gasteiger partial charge in [-0.1, -0.05) is 0 Å². The molecule has 0 saturated heterocycles. The van der Waals surface area contributed by atoms with Crippen molar-refractivity contribution in [1.29, 1.82) is 0 Å². The number of halogens is 1. The van der Waals surface area contributed by atoms with Gasteiger partial charge in [-0.05, 0) is 41.5 Å². The number of rotatable bonds is 4. The lowest BCUT2D eigenvalue weighted by Gasteiger charge is -2.12. The first-order valence-electron chi connectivity index (χ1n) is 4.76. The minimum atomic E-state index is -0.161. The monoisotopic (exact) mass is 287 g/mol. The van der Waals surface area contributed by atoms with Crippen LogP contribution in [0, 0.1) is 6.92 Å². The molecule has 0 aliphatic heterocycles. The topological polar surface area (TPSA) is 58.6 Å². The van der Waals surface area contributed by atoms with Gasteiger partial charge in [-0.3, -0.25) is 4.79 Å². The highest BCUT2D eigenvalue weighted by atomic mass is 79.9. The summed E-state index contributed by atoms with van der Waals surface area (Å²) in [6.07, 6.45) is 0. The highest BCUT2D eigenvalue weighted by molar-refractivity contribution is 9.10. The number of aryl methyl sites for hydroxylation is 1. The van der Waals surface area contributed by atoms with Crippen molar-refractivity contribution in [2.24, 2.45) is 0 Å². The number of ketones is 1. The van der Waals surface area contributed by atoms with E-state index >= 15 is 0 Å². The van der Waals surface area contributed by atoms with Crippen molar-refractivity contribution in [2.45, 2.75) is 6.92 Å². The molecule has 0 bridgehead atoms. The lowest BCUT2D eigenvalue weighted by molar-refractivity contribution is 0.0991. The first kappa shape index (κ1) is 13.0. The molecule has 0 aliphatic rings. The molecule has 4 nitrogen and oxygen atoms in total. The Balaban J connectivity index is 3.28. The first-order chi connectivity index (χ1) is 7.52. The average molecular weight is 288 g/mol. The predicted octanol–water partition coefficient (Wildman–Crippen LogP) is 1.87. The van der Waals surface area contributed by atoms with E-state index in [-0.39, 0.29) is 18.1 Å². The van der Waals surface area contributed by atoms with E-state index in [1.165, 1.54) is 7.11 Å². The number of phenolic OH excluding ortho intramolecular Hbond substituents is 1. The van der Waals surface area contributed by atoms with Crippen LogP contribution in [0.4, 0.5) is 0 Å². The summed E-state index contributed by atoms with van der Waals surface area (Å²) in [5.74, 6) is 0.299. The van der Waals surface area contributed by atoms with Gasteiger partial charge in [0.2, 0.25) is 0 Å². The average Bonchev–Trinajstić information content (AvgIpc) is 2.24. The summed E-state index contributed by atoms with van der Waals surface area (Å²) in [5.41, 5.74) is 1.09. The van der Waals surface area contributed by atoms with Crippen molar-refractivity contribution in [1.82, 2.24) is 5.32 Å². The van der Waals surface area contributed by atoms with E-state index in [1.54, 1.807) is 13.1 Å². The third kappa shape index (κ3) is 2.36. The van der Waals surface area contributed by atoms with Crippen LogP contribution < -0.4 is 10.1 Å². The zero-order chi connectivity index (χ0) is 12.3. The lowest BCUT2D eigenvalue weighted by Crippen LogP contribution is -2.18. The number of hydrogen-bond acceptors (Lipinski definition) is 4. The summed E-state index contributed by atoms with van der Waals surface area (Å²) in [5, 5.41) is 12.6. The number of carbonyl (C=O) groups excluding carboxylic acids is 1. The third-order valence-corrected chi connectivity index (χ3v) is 2.96. The minimum Gasteiger partial charge on any atom is -0.506 e. The Morgan fingerprint density at radius 1 is 1.62 bits per heavy atom. The normalized spacial score (nSPS) is 10.2. The molecule has 0 aromatic heterocycles. The van der Waals surface area contributed by atoms with Crippen molar-refractivity contribution >= 4 is 21.7 Å². The Labute approximate surface area is 103 Å². The second kappa shape index (κ2) is 5.32. The molecule has 0 heterocycles. The summed E-state index contributed by atoms with van der Waals surface area (Å²) >= 11 is 3.21. The molecule has 1 rings (SSSR count). The summed E-state index contributed by atoms with van der Waals surface area (Å²) in [7, 11) is 3.20. The van der Waals surface area contributed by atoms with Crippen LogP contribution in [-0.4, -0.2) is 31.6 Å². The minimum absolute atomic E-state index is 0.0808. The molecule has 0 spiro atoms. The van der Waals surface area contributed by atoms with Gasteiger partial charge in [-0.15, -0.1) is 0 Å². The van der Waals surface area contributed by atoms with Crippen LogP contribution in [0.5, 0.6) is 11.5 Å². The van der Waals surface area contributed by atoms with Gasteiger partial charge in [0.25, 0.3) is 0 Å². The van der Waals surface area contributed by atoms with Crippen LogP contribution in [0.1, 0.15) is 15.9 Å². The number of benzene rings is 1. The molecule has 0 saturated carbocycles. The van der Waals surface area contributed by atoms with Gasteiger partial charge in [0.15, 0.2) is 5.78 Å². The van der Waals surface area contributed by atoms with Crippen molar-refractivity contribution in [3.8, 4) is 11.5 Å². The van der Waals surface area contributed by atoms with E-state index in [0.717, 1.165) is 5.56 Å². The molecule has 5 heteroatoms. The molecular weight excluding hydrogens is 274 g/mol. The standard InChI is InChI=1S/C11H14BrNO3/c1-6-4-7(8(14)5-13-2)10(15)9(12)11(6)16-3/h4,13,15H,5H2,1-3H3. The van der Waals surface area contributed by atoms with Crippen LogP contribution in [-0.2, 0) is 0 Å². The van der Waals surface area contributed by atoms with Crippen molar-refractivity contribution in [2.75, 3.05) is 20.7 Å². The summed E-state index contributed by atoms with van der Waals surface area (Å²) < 4.78 is 5.53. The van der Waals surface area contributed by atoms with Gasteiger partial charge in [0.05, 0.1) is 19.2 Å². The maximum Gasteiger partial charge on any atom is 0.180 e. The molecule has 0 atom stereocenters. The summed E-state index contributed by atoms with van der Waals surface area (Å²) in [6, 6.07) is 1.62. The Hall–Kier alpha value is -1.07. The highest BCUT2D eigenvalue weighted by Crippen LogP contribution is 2.39. The molecule has 2 N–H and O–H groups in total. The smallest absolute Gasteiger partial charge is 0.180 e. The van der Waals surface area contributed by atoms with E-state index < -0.39 is 0 Å². The maximum absolute atomic E-state index is 11.7. The molecule has 16 heavy (non-hydrogen) atoms. The fraction of sp³-hybridized carbons (Fsp3) is 0.364. The van der Waals surface area contributed by atoms with E-state index in [2.05, 4.69) is 21.2 Å². The van der Waals surface area contributed by atoms with Gasteiger partial charge >= 0.3 is 0 Å². The summed E-state index contributed by atoms with van der Waals surface area (Å²) in [4.78, 5) is 11.7. The fourth-order valence-corrected chi connectivity index (χ4v) is 2.16. The molecule has 0 radical (unpaired) electrons. The molecule has 88 valence electrons. The Morgan fingerprint density at radius 3 is 2.75 bits per heavy atom. The van der Waals surface area contributed by atoms with Gasteiger partial charge < -0.3 is 15.2 Å². The van der Waals surface area contributed by atoms with Gasteiger partial charge in [0, 0.05) is 0 Å². The third-order valence-electron chi connectivity index (χ3n) is 2.22. The van der Waals surface area contributed by atoms with Crippen LogP contribution in [0.25, 0.3) is 0 Å². The maximum atomic E-state index is 11.7. The number of Topliss-reactive ketones (excluding diaryl/α,β-unsaturated/α-hetero) is 1. The van der Waals surface area contributed by atoms with Crippen LogP contribution in [0.3, 0.4) is 0 Å². The molecule has 1 aromatic carbocycles. The molecular formula is C11H14BrNO3. The van der Waals surface area contributed by atoms with Crippen LogP contribution >= 0.6 is 15.9 Å². The number of phenols is 1. The molecule has 0 fully saturated rings. The SMILES string of the molecule is CNCC(=O)c1cc(C)c(OC)c(Br)c1O. The molecule has 1 aromatic rings. The number of carbonyl (C=O) groups is 1. The van der Waals surface area contributed by atoms with E-state index in [4.69, 9.17) is 4.74 Å². The van der Waals surface area contributed by atoms with Crippen molar-refractivity contribution in [3.05, 3.63) is 21.7 Å². The van der Waals surface area contributed by atoms with Gasteiger partial charge in [-0.2, -0.15) is 0 Å². The quantitative estimate of drug-likeness (QED) is 0.830. The van der Waals surface area contributed by atoms with Crippen molar-refractivity contribution < 1.29 is 14.6 Å². The highest BCUT2D eigenvalue weighted by Gasteiger charge is 2.18. The number of methoxy groups -OCH3 is 1. The summed E-state index contributed by atoms with van der Waals surface area (Å²) in [6.45, 7) is 2.00. The lowest BCUT2D eigenvalue weighted by atomic mass is 10.1. The first-order valence-corrected chi connectivity index (χ1v) is 5.56. The Morgan fingerprint density at radius 2 is 2.25 bits per heavy atom. The zero-order valence-corrected chi connectivity index (χ0v) is 11.0. The van der Waals surface area contributed by atoms with Gasteiger partial charge in [0.1, 0.15) is 16.0 Å². The molecule has 0 amide bonds. The zero-order valence-electron chi connectivity index (χ0n) is 9.43. The van der Waals surface area contributed by atoms with Crippen LogP contribution in [0.15, 0.2) is 10.5 Å². The van der Waals surface area contributed by atoms with E-state index in [9.17, 15) is 9.90 Å². The predicted molar refractivity (Wildman–Crippen MR) is 65.4 cm³/mol. The largest absolute Gasteiger partial charge is 0.506 e. The Bertz CT molecular complexity index is 418. The number of ether oxygens (including phenoxy) is 1. The second-order valence-corrected chi connectivity index (χ2v) is 4.18. The number of nitrogens with one attached hydrogen (secondary N) is 1.